The van der Waals surface area contributed by atoms with Crippen LogP contribution in [0.1, 0.15) is 30.9 Å². The number of rotatable bonds is 5. The van der Waals surface area contributed by atoms with E-state index < -0.39 is 0 Å². The van der Waals surface area contributed by atoms with Crippen LogP contribution < -0.4 is 5.32 Å². The Balaban J connectivity index is 1.65. The SMILES string of the molecule is CC(C)c1ccccc1Nc1ccc(CN2CCOCC2)cc1. The van der Waals surface area contributed by atoms with Crippen LogP contribution in [0.25, 0.3) is 0 Å². The second-order valence-electron chi connectivity index (χ2n) is 6.45. The highest BCUT2D eigenvalue weighted by molar-refractivity contribution is 5.64. The topological polar surface area (TPSA) is 24.5 Å². The standard InChI is InChI=1S/C20H26N2O/c1-16(2)19-5-3-4-6-20(19)21-18-9-7-17(8-10-18)15-22-11-13-23-14-12-22/h3-10,16,21H,11-15H2,1-2H3. The van der Waals surface area contributed by atoms with Crippen molar-refractivity contribution >= 4 is 11.4 Å². The number of para-hydroxylation sites is 1. The van der Waals surface area contributed by atoms with Crippen molar-refractivity contribution in [2.45, 2.75) is 26.3 Å². The third-order valence-corrected chi connectivity index (χ3v) is 4.33. The van der Waals surface area contributed by atoms with Gasteiger partial charge in [-0.2, -0.15) is 0 Å². The number of morpholine rings is 1. The van der Waals surface area contributed by atoms with Crippen molar-refractivity contribution < 1.29 is 4.74 Å². The van der Waals surface area contributed by atoms with Crippen LogP contribution in [0, 0.1) is 0 Å². The van der Waals surface area contributed by atoms with Crippen molar-refractivity contribution in [3.05, 3.63) is 59.7 Å². The lowest BCUT2D eigenvalue weighted by atomic mass is 10.0. The van der Waals surface area contributed by atoms with Crippen LogP contribution in [0.2, 0.25) is 0 Å². The molecule has 0 bridgehead atoms. The molecule has 2 aromatic rings. The number of hydrogen-bond donors (Lipinski definition) is 1. The second kappa shape index (κ2) is 7.62. The Kier molecular flexibility index (Phi) is 5.31. The third-order valence-electron chi connectivity index (χ3n) is 4.33. The average Bonchev–Trinajstić information content (AvgIpc) is 2.58. The predicted molar refractivity (Wildman–Crippen MR) is 96.4 cm³/mol. The molecule has 122 valence electrons. The summed E-state index contributed by atoms with van der Waals surface area (Å²) in [6.45, 7) is 9.23. The molecule has 0 unspecified atom stereocenters. The fraction of sp³-hybridized carbons (Fsp3) is 0.400. The summed E-state index contributed by atoms with van der Waals surface area (Å²) in [4.78, 5) is 2.44. The first-order valence-electron chi connectivity index (χ1n) is 8.47. The van der Waals surface area contributed by atoms with Gasteiger partial charge in [0, 0.05) is 31.0 Å². The molecule has 1 saturated heterocycles. The highest BCUT2D eigenvalue weighted by Gasteiger charge is 2.10. The molecule has 2 aromatic carbocycles. The molecule has 23 heavy (non-hydrogen) atoms. The normalized spacial score (nSPS) is 15.8. The van der Waals surface area contributed by atoms with Crippen molar-refractivity contribution in [3.8, 4) is 0 Å². The third kappa shape index (κ3) is 4.34. The Hall–Kier alpha value is -1.84. The molecule has 1 heterocycles. The summed E-state index contributed by atoms with van der Waals surface area (Å²) in [6.07, 6.45) is 0. The number of anilines is 2. The first kappa shape index (κ1) is 16.0. The van der Waals surface area contributed by atoms with Crippen LogP contribution in [0.5, 0.6) is 0 Å². The summed E-state index contributed by atoms with van der Waals surface area (Å²) in [7, 11) is 0. The van der Waals surface area contributed by atoms with E-state index in [-0.39, 0.29) is 0 Å². The van der Waals surface area contributed by atoms with E-state index in [0.29, 0.717) is 5.92 Å². The molecule has 0 aromatic heterocycles. The zero-order chi connectivity index (χ0) is 16.1. The summed E-state index contributed by atoms with van der Waals surface area (Å²) in [6, 6.07) is 17.3. The van der Waals surface area contributed by atoms with Gasteiger partial charge in [-0.1, -0.05) is 44.2 Å². The summed E-state index contributed by atoms with van der Waals surface area (Å²) in [5.74, 6) is 0.513. The van der Waals surface area contributed by atoms with Crippen molar-refractivity contribution in [1.29, 1.82) is 0 Å². The van der Waals surface area contributed by atoms with E-state index in [2.05, 4.69) is 72.6 Å². The molecule has 1 fully saturated rings. The first-order valence-corrected chi connectivity index (χ1v) is 8.47. The van der Waals surface area contributed by atoms with Crippen molar-refractivity contribution in [2.75, 3.05) is 31.6 Å². The van der Waals surface area contributed by atoms with Gasteiger partial charge in [-0.25, -0.2) is 0 Å². The Labute approximate surface area is 139 Å². The molecular weight excluding hydrogens is 284 g/mol. The molecule has 1 N–H and O–H groups in total. The molecule has 0 spiro atoms. The van der Waals surface area contributed by atoms with E-state index in [0.717, 1.165) is 38.5 Å². The monoisotopic (exact) mass is 310 g/mol. The van der Waals surface area contributed by atoms with E-state index in [9.17, 15) is 0 Å². The minimum atomic E-state index is 0.513. The van der Waals surface area contributed by atoms with Crippen molar-refractivity contribution in [2.24, 2.45) is 0 Å². The van der Waals surface area contributed by atoms with E-state index in [4.69, 9.17) is 4.74 Å². The lowest BCUT2D eigenvalue weighted by Crippen LogP contribution is -2.35. The number of ether oxygens (including phenoxy) is 1. The molecule has 3 heteroatoms. The molecule has 0 atom stereocenters. The summed E-state index contributed by atoms with van der Waals surface area (Å²) < 4.78 is 5.40. The number of hydrogen-bond acceptors (Lipinski definition) is 3. The van der Waals surface area contributed by atoms with Crippen LogP contribution in [-0.2, 0) is 11.3 Å². The fourth-order valence-electron chi connectivity index (χ4n) is 2.98. The maximum Gasteiger partial charge on any atom is 0.0594 e. The molecule has 0 amide bonds. The minimum absolute atomic E-state index is 0.513. The number of nitrogens with zero attached hydrogens (tertiary/aromatic N) is 1. The molecule has 3 rings (SSSR count). The zero-order valence-electron chi connectivity index (χ0n) is 14.1. The van der Waals surface area contributed by atoms with Gasteiger partial charge in [-0.3, -0.25) is 4.90 Å². The summed E-state index contributed by atoms with van der Waals surface area (Å²) in [5, 5.41) is 3.55. The van der Waals surface area contributed by atoms with Gasteiger partial charge in [0.1, 0.15) is 0 Å². The zero-order valence-corrected chi connectivity index (χ0v) is 14.1. The van der Waals surface area contributed by atoms with Crippen LogP contribution in [0.3, 0.4) is 0 Å². The maximum absolute atomic E-state index is 5.40. The Morgan fingerprint density at radius 2 is 1.70 bits per heavy atom. The maximum atomic E-state index is 5.40. The van der Waals surface area contributed by atoms with Gasteiger partial charge in [-0.05, 0) is 35.2 Å². The minimum Gasteiger partial charge on any atom is -0.379 e. The Morgan fingerprint density at radius 3 is 2.39 bits per heavy atom. The lowest BCUT2D eigenvalue weighted by molar-refractivity contribution is 0.0342. The van der Waals surface area contributed by atoms with Gasteiger partial charge >= 0.3 is 0 Å². The predicted octanol–water partition coefficient (Wildman–Crippen LogP) is 4.39. The number of benzene rings is 2. The summed E-state index contributed by atoms with van der Waals surface area (Å²) >= 11 is 0. The largest absolute Gasteiger partial charge is 0.379 e. The van der Waals surface area contributed by atoms with Crippen LogP contribution in [0.15, 0.2) is 48.5 Å². The molecular formula is C20H26N2O. The van der Waals surface area contributed by atoms with Gasteiger partial charge in [0.2, 0.25) is 0 Å². The van der Waals surface area contributed by atoms with E-state index in [1.807, 2.05) is 0 Å². The highest BCUT2D eigenvalue weighted by Crippen LogP contribution is 2.27. The van der Waals surface area contributed by atoms with Crippen molar-refractivity contribution in [3.63, 3.8) is 0 Å². The molecule has 1 aliphatic heterocycles. The number of nitrogens with one attached hydrogen (secondary N) is 1. The lowest BCUT2D eigenvalue weighted by Gasteiger charge is -2.26. The highest BCUT2D eigenvalue weighted by atomic mass is 16.5. The van der Waals surface area contributed by atoms with Crippen LogP contribution in [-0.4, -0.2) is 31.2 Å². The van der Waals surface area contributed by atoms with Gasteiger partial charge in [0.15, 0.2) is 0 Å². The average molecular weight is 310 g/mol. The van der Waals surface area contributed by atoms with Gasteiger partial charge in [0.05, 0.1) is 13.2 Å². The molecule has 3 nitrogen and oxygen atoms in total. The molecule has 1 aliphatic rings. The first-order chi connectivity index (χ1) is 11.2. The molecule has 0 saturated carbocycles. The van der Waals surface area contributed by atoms with Crippen LogP contribution >= 0.6 is 0 Å². The second-order valence-corrected chi connectivity index (χ2v) is 6.45. The van der Waals surface area contributed by atoms with E-state index in [1.54, 1.807) is 0 Å². The molecule has 0 aliphatic carbocycles. The van der Waals surface area contributed by atoms with Gasteiger partial charge in [-0.15, -0.1) is 0 Å². The molecule has 0 radical (unpaired) electrons. The fourth-order valence-corrected chi connectivity index (χ4v) is 2.98. The van der Waals surface area contributed by atoms with E-state index in [1.165, 1.54) is 16.8 Å². The Bertz CT molecular complexity index is 616. The quantitative estimate of drug-likeness (QED) is 0.886. The van der Waals surface area contributed by atoms with E-state index >= 15 is 0 Å². The van der Waals surface area contributed by atoms with Gasteiger partial charge < -0.3 is 10.1 Å². The summed E-state index contributed by atoms with van der Waals surface area (Å²) in [5.41, 5.74) is 5.05. The van der Waals surface area contributed by atoms with Gasteiger partial charge in [0.25, 0.3) is 0 Å². The van der Waals surface area contributed by atoms with Crippen LogP contribution in [0.4, 0.5) is 11.4 Å². The Morgan fingerprint density at radius 1 is 1.00 bits per heavy atom. The van der Waals surface area contributed by atoms with Crippen molar-refractivity contribution in [1.82, 2.24) is 4.90 Å². The smallest absolute Gasteiger partial charge is 0.0594 e.